The number of hydrogen-bond acceptors (Lipinski definition) is 7. The number of aryl methyl sites for hydroxylation is 2. The average Bonchev–Trinajstić information content (AvgIpc) is 3.18. The second-order valence-corrected chi connectivity index (χ2v) is 8.87. The van der Waals surface area contributed by atoms with E-state index >= 15 is 0 Å². The number of carbonyl (C=O) groups excluding carboxylic acids is 1. The molecule has 0 aliphatic carbocycles. The maximum Gasteiger partial charge on any atom is 0.246 e. The third kappa shape index (κ3) is 5.95. The maximum absolute atomic E-state index is 12.6. The minimum Gasteiger partial charge on any atom is -0.339 e. The third-order valence-electron chi connectivity index (χ3n) is 5.23. The molecule has 1 N–H and O–H groups in total. The monoisotopic (exact) mass is 434 g/mol. The van der Waals surface area contributed by atoms with Crippen LogP contribution in [0.1, 0.15) is 34.9 Å². The van der Waals surface area contributed by atoms with Crippen molar-refractivity contribution in [3.8, 4) is 0 Å². The van der Waals surface area contributed by atoms with Crippen molar-refractivity contribution in [2.45, 2.75) is 33.1 Å². The number of nitrogens with one attached hydrogen (secondary N) is 1. The topological polar surface area (TPSA) is 83.9 Å². The van der Waals surface area contributed by atoms with Gasteiger partial charge in [0.15, 0.2) is 0 Å². The zero-order valence-corrected chi connectivity index (χ0v) is 18.6. The number of rotatable bonds is 6. The zero-order chi connectivity index (χ0) is 21.6. The van der Waals surface area contributed by atoms with E-state index in [1.54, 1.807) is 29.8 Å². The summed E-state index contributed by atoms with van der Waals surface area (Å²) in [6, 6.07) is 7.80. The van der Waals surface area contributed by atoms with Gasteiger partial charge in [-0.05, 0) is 57.2 Å². The van der Waals surface area contributed by atoms with Crippen molar-refractivity contribution >= 4 is 35.0 Å². The van der Waals surface area contributed by atoms with E-state index in [-0.39, 0.29) is 5.91 Å². The number of pyridine rings is 1. The van der Waals surface area contributed by atoms with Gasteiger partial charge in [0.25, 0.3) is 0 Å². The SMILES string of the molecule is Cc1cccc(Nc2cc(CC3CCCN(C(=O)/C=C/c4csc(C)n4)C3)ncn2)n1. The van der Waals surface area contributed by atoms with Gasteiger partial charge < -0.3 is 10.2 Å². The second-order valence-electron chi connectivity index (χ2n) is 7.81. The minimum atomic E-state index is 0.0471. The van der Waals surface area contributed by atoms with E-state index in [1.807, 2.05) is 48.4 Å². The molecule has 1 aliphatic heterocycles. The number of hydrogen-bond donors (Lipinski definition) is 1. The van der Waals surface area contributed by atoms with Crippen molar-refractivity contribution in [2.24, 2.45) is 5.92 Å². The van der Waals surface area contributed by atoms with Gasteiger partial charge in [-0.1, -0.05) is 6.07 Å². The quantitative estimate of drug-likeness (QED) is 0.586. The van der Waals surface area contributed by atoms with E-state index in [1.165, 1.54) is 0 Å². The smallest absolute Gasteiger partial charge is 0.246 e. The van der Waals surface area contributed by atoms with Crippen LogP contribution in [0, 0.1) is 19.8 Å². The van der Waals surface area contributed by atoms with Gasteiger partial charge in [0.2, 0.25) is 5.91 Å². The summed E-state index contributed by atoms with van der Waals surface area (Å²) in [5.74, 6) is 1.92. The van der Waals surface area contributed by atoms with Gasteiger partial charge in [0.1, 0.15) is 18.0 Å². The summed E-state index contributed by atoms with van der Waals surface area (Å²) in [5, 5.41) is 6.21. The first-order valence-corrected chi connectivity index (χ1v) is 11.3. The van der Waals surface area contributed by atoms with Crippen molar-refractivity contribution in [3.63, 3.8) is 0 Å². The predicted octanol–water partition coefficient (Wildman–Crippen LogP) is 4.18. The van der Waals surface area contributed by atoms with Crippen LogP contribution in [0.2, 0.25) is 0 Å². The molecule has 0 spiro atoms. The van der Waals surface area contributed by atoms with Crippen LogP contribution in [0.3, 0.4) is 0 Å². The summed E-state index contributed by atoms with van der Waals surface area (Å²) in [6.07, 6.45) is 7.93. The van der Waals surface area contributed by atoms with Gasteiger partial charge in [-0.3, -0.25) is 4.79 Å². The summed E-state index contributed by atoms with van der Waals surface area (Å²) in [4.78, 5) is 32.2. The number of aromatic nitrogens is 4. The highest BCUT2D eigenvalue weighted by atomic mass is 32.1. The Morgan fingerprint density at radius 1 is 1.26 bits per heavy atom. The molecule has 0 bridgehead atoms. The van der Waals surface area contributed by atoms with Crippen LogP contribution >= 0.6 is 11.3 Å². The number of thiazole rings is 1. The van der Waals surface area contributed by atoms with Crippen LogP contribution in [0.4, 0.5) is 11.6 Å². The fourth-order valence-electron chi connectivity index (χ4n) is 3.77. The number of carbonyl (C=O) groups is 1. The number of likely N-dealkylation sites (tertiary alicyclic amines) is 1. The van der Waals surface area contributed by atoms with Gasteiger partial charge >= 0.3 is 0 Å². The molecule has 31 heavy (non-hydrogen) atoms. The number of nitrogens with zero attached hydrogens (tertiary/aromatic N) is 5. The fourth-order valence-corrected chi connectivity index (χ4v) is 4.35. The Hall–Kier alpha value is -3.13. The van der Waals surface area contributed by atoms with Crippen molar-refractivity contribution in [1.82, 2.24) is 24.8 Å². The Morgan fingerprint density at radius 3 is 2.97 bits per heavy atom. The summed E-state index contributed by atoms with van der Waals surface area (Å²) in [6.45, 7) is 5.46. The average molecular weight is 435 g/mol. The van der Waals surface area contributed by atoms with E-state index in [0.717, 1.165) is 66.1 Å². The van der Waals surface area contributed by atoms with Crippen molar-refractivity contribution in [1.29, 1.82) is 0 Å². The van der Waals surface area contributed by atoms with E-state index in [0.29, 0.717) is 5.92 Å². The molecule has 3 aromatic heterocycles. The van der Waals surface area contributed by atoms with Crippen molar-refractivity contribution in [2.75, 3.05) is 18.4 Å². The van der Waals surface area contributed by atoms with E-state index in [2.05, 4.69) is 25.3 Å². The lowest BCUT2D eigenvalue weighted by atomic mass is 9.93. The Labute approximate surface area is 186 Å². The molecule has 1 aliphatic rings. The molecule has 8 heteroatoms. The highest BCUT2D eigenvalue weighted by Gasteiger charge is 2.23. The number of piperidine rings is 1. The third-order valence-corrected chi connectivity index (χ3v) is 6.02. The summed E-state index contributed by atoms with van der Waals surface area (Å²) >= 11 is 1.59. The van der Waals surface area contributed by atoms with E-state index < -0.39 is 0 Å². The predicted molar refractivity (Wildman–Crippen MR) is 123 cm³/mol. The second kappa shape index (κ2) is 9.78. The van der Waals surface area contributed by atoms with Crippen molar-refractivity contribution < 1.29 is 4.79 Å². The lowest BCUT2D eigenvalue weighted by molar-refractivity contribution is -0.127. The zero-order valence-electron chi connectivity index (χ0n) is 17.8. The molecule has 0 aromatic carbocycles. The normalized spacial score (nSPS) is 16.6. The molecule has 3 aromatic rings. The Bertz CT molecular complexity index is 1080. The van der Waals surface area contributed by atoms with Crippen LogP contribution in [0.15, 0.2) is 42.0 Å². The maximum atomic E-state index is 12.6. The molecule has 1 fully saturated rings. The Morgan fingerprint density at radius 2 is 2.16 bits per heavy atom. The highest BCUT2D eigenvalue weighted by Crippen LogP contribution is 2.22. The molecule has 4 heterocycles. The number of amides is 1. The largest absolute Gasteiger partial charge is 0.339 e. The van der Waals surface area contributed by atoms with E-state index in [9.17, 15) is 4.79 Å². The minimum absolute atomic E-state index is 0.0471. The van der Waals surface area contributed by atoms with Gasteiger partial charge in [0, 0.05) is 42.0 Å². The molecular weight excluding hydrogens is 408 g/mol. The van der Waals surface area contributed by atoms with Gasteiger partial charge in [-0.15, -0.1) is 11.3 Å². The fraction of sp³-hybridized carbons (Fsp3) is 0.348. The highest BCUT2D eigenvalue weighted by molar-refractivity contribution is 7.09. The lowest BCUT2D eigenvalue weighted by Crippen LogP contribution is -2.39. The Balaban J connectivity index is 1.36. The summed E-state index contributed by atoms with van der Waals surface area (Å²) in [5.41, 5.74) is 2.76. The van der Waals surface area contributed by atoms with Crippen LogP contribution < -0.4 is 5.32 Å². The molecule has 1 amide bonds. The first kappa shape index (κ1) is 21.1. The van der Waals surface area contributed by atoms with Crippen LogP contribution in [-0.4, -0.2) is 43.8 Å². The molecule has 0 saturated carbocycles. The van der Waals surface area contributed by atoms with Crippen LogP contribution in [0.5, 0.6) is 0 Å². The van der Waals surface area contributed by atoms with Crippen LogP contribution in [-0.2, 0) is 11.2 Å². The van der Waals surface area contributed by atoms with Gasteiger partial charge in [-0.25, -0.2) is 19.9 Å². The summed E-state index contributed by atoms with van der Waals surface area (Å²) in [7, 11) is 0. The number of anilines is 2. The lowest BCUT2D eigenvalue weighted by Gasteiger charge is -2.32. The molecular formula is C23H26N6OS. The first-order valence-electron chi connectivity index (χ1n) is 10.5. The molecule has 0 radical (unpaired) electrons. The molecule has 1 atom stereocenters. The van der Waals surface area contributed by atoms with Crippen LogP contribution in [0.25, 0.3) is 6.08 Å². The molecule has 1 unspecified atom stereocenters. The standard InChI is InChI=1S/C23H26N6OS/c1-16-5-3-7-21(26-16)28-22-12-20(24-15-25-22)11-18-6-4-10-29(13-18)23(30)9-8-19-14-31-17(2)27-19/h3,5,7-9,12,14-15,18H,4,6,10-11,13H2,1-2H3,(H,24,25,26,28)/b9-8+. The van der Waals surface area contributed by atoms with E-state index in [4.69, 9.17) is 0 Å². The molecule has 160 valence electrons. The summed E-state index contributed by atoms with van der Waals surface area (Å²) < 4.78 is 0. The van der Waals surface area contributed by atoms with Crippen molar-refractivity contribution in [3.05, 3.63) is 64.1 Å². The van der Waals surface area contributed by atoms with Gasteiger partial charge in [-0.2, -0.15) is 0 Å². The Kier molecular flexibility index (Phi) is 6.66. The molecule has 1 saturated heterocycles. The first-order chi connectivity index (χ1) is 15.0. The molecule has 7 nitrogen and oxygen atoms in total. The van der Waals surface area contributed by atoms with Gasteiger partial charge in [0.05, 0.1) is 10.7 Å². The molecule has 4 rings (SSSR count).